The largest absolute Gasteiger partial charge is 0.378 e. The first-order valence-electron chi connectivity index (χ1n) is 9.07. The van der Waals surface area contributed by atoms with E-state index in [9.17, 15) is 4.79 Å². The summed E-state index contributed by atoms with van der Waals surface area (Å²) in [4.78, 5) is 22.8. The Kier molecular flexibility index (Phi) is 8.18. The molecule has 0 aliphatic carbocycles. The summed E-state index contributed by atoms with van der Waals surface area (Å²) >= 11 is 0. The number of piperidine rings is 1. The zero-order valence-electron chi connectivity index (χ0n) is 15.2. The fourth-order valence-corrected chi connectivity index (χ4v) is 2.83. The lowest BCUT2D eigenvalue weighted by Gasteiger charge is -2.34. The summed E-state index contributed by atoms with van der Waals surface area (Å²) in [6, 6.07) is 3.50. The fourth-order valence-electron chi connectivity index (χ4n) is 2.83. The molecular weight excluding hydrogens is 318 g/mol. The highest BCUT2D eigenvalue weighted by atomic mass is 16.5. The molecule has 7 heteroatoms. The van der Waals surface area contributed by atoms with E-state index in [-0.39, 0.29) is 5.91 Å². The van der Waals surface area contributed by atoms with Gasteiger partial charge in [0.2, 0.25) is 0 Å². The Bertz CT molecular complexity index is 542. The minimum absolute atomic E-state index is 0.120. The average Bonchev–Trinajstić information content (AvgIpc) is 2.66. The number of aliphatic imine (C=N–C) groups is 1. The molecule has 2 N–H and O–H groups in total. The summed E-state index contributed by atoms with van der Waals surface area (Å²) in [5, 5.41) is 6.20. The highest BCUT2D eigenvalue weighted by Crippen LogP contribution is 2.13. The molecule has 0 spiro atoms. The number of hydrogen-bond acceptors (Lipinski definition) is 4. The third kappa shape index (κ3) is 6.34. The Morgan fingerprint density at radius 1 is 1.36 bits per heavy atom. The van der Waals surface area contributed by atoms with Crippen LogP contribution in [0.4, 0.5) is 0 Å². The molecule has 1 fully saturated rings. The van der Waals surface area contributed by atoms with Crippen molar-refractivity contribution in [2.45, 2.75) is 32.8 Å². The van der Waals surface area contributed by atoms with Crippen LogP contribution in [0.25, 0.3) is 0 Å². The maximum absolute atomic E-state index is 12.0. The van der Waals surface area contributed by atoms with Gasteiger partial charge >= 0.3 is 0 Å². The molecule has 1 aromatic rings. The molecule has 0 unspecified atom stereocenters. The van der Waals surface area contributed by atoms with E-state index in [0.29, 0.717) is 24.8 Å². The van der Waals surface area contributed by atoms with Gasteiger partial charge in [-0.1, -0.05) is 0 Å². The molecule has 1 aromatic heterocycles. The Balaban J connectivity index is 1.78. The lowest BCUT2D eigenvalue weighted by molar-refractivity contribution is 0.0264. The second-order valence-electron chi connectivity index (χ2n) is 5.88. The predicted octanol–water partition coefficient (Wildman–Crippen LogP) is 1.28. The molecule has 7 nitrogen and oxygen atoms in total. The smallest absolute Gasteiger partial charge is 0.252 e. The number of amides is 1. The third-order valence-electron chi connectivity index (χ3n) is 4.06. The first-order chi connectivity index (χ1) is 12.2. The van der Waals surface area contributed by atoms with Crippen molar-refractivity contribution in [2.75, 3.05) is 39.3 Å². The van der Waals surface area contributed by atoms with Crippen LogP contribution < -0.4 is 10.6 Å². The van der Waals surface area contributed by atoms with Crippen molar-refractivity contribution in [1.29, 1.82) is 0 Å². The van der Waals surface area contributed by atoms with Gasteiger partial charge in [0, 0.05) is 45.2 Å². The van der Waals surface area contributed by atoms with Crippen LogP contribution >= 0.6 is 0 Å². The minimum Gasteiger partial charge on any atom is -0.378 e. The van der Waals surface area contributed by atoms with Gasteiger partial charge in [0.25, 0.3) is 5.91 Å². The topological polar surface area (TPSA) is 78.8 Å². The van der Waals surface area contributed by atoms with E-state index in [1.54, 1.807) is 24.5 Å². The first kappa shape index (κ1) is 19.2. The van der Waals surface area contributed by atoms with Gasteiger partial charge in [0.15, 0.2) is 5.96 Å². The third-order valence-corrected chi connectivity index (χ3v) is 4.06. The zero-order valence-corrected chi connectivity index (χ0v) is 15.2. The first-order valence-corrected chi connectivity index (χ1v) is 9.07. The molecule has 0 saturated carbocycles. The number of nitrogens with zero attached hydrogens (tertiary/aromatic N) is 3. The van der Waals surface area contributed by atoms with E-state index < -0.39 is 0 Å². The lowest BCUT2D eigenvalue weighted by Crippen LogP contribution is -2.47. The van der Waals surface area contributed by atoms with E-state index in [1.165, 1.54) is 0 Å². The van der Waals surface area contributed by atoms with Crippen LogP contribution in [0.3, 0.4) is 0 Å². The van der Waals surface area contributed by atoms with Gasteiger partial charge in [-0.2, -0.15) is 0 Å². The Morgan fingerprint density at radius 3 is 2.80 bits per heavy atom. The van der Waals surface area contributed by atoms with Crippen LogP contribution in [0.1, 0.15) is 37.0 Å². The molecule has 138 valence electrons. The van der Waals surface area contributed by atoms with Crippen LogP contribution in [0.5, 0.6) is 0 Å². The SMILES string of the molecule is CCNC(=NCCNC(=O)c1cccnc1)N1CCC(OCC)CC1. The van der Waals surface area contributed by atoms with Gasteiger partial charge in [-0.25, -0.2) is 0 Å². The summed E-state index contributed by atoms with van der Waals surface area (Å²) in [5.41, 5.74) is 0.566. The van der Waals surface area contributed by atoms with Gasteiger partial charge in [0.05, 0.1) is 18.2 Å². The summed E-state index contributed by atoms with van der Waals surface area (Å²) < 4.78 is 5.70. The minimum atomic E-state index is -0.120. The molecule has 2 heterocycles. The van der Waals surface area contributed by atoms with E-state index in [4.69, 9.17) is 4.74 Å². The predicted molar refractivity (Wildman–Crippen MR) is 98.8 cm³/mol. The number of hydrogen-bond donors (Lipinski definition) is 2. The maximum atomic E-state index is 12.0. The summed E-state index contributed by atoms with van der Waals surface area (Å²) in [6.45, 7) is 8.63. The summed E-state index contributed by atoms with van der Waals surface area (Å²) in [6.07, 6.45) is 5.62. The quantitative estimate of drug-likeness (QED) is 0.441. The van der Waals surface area contributed by atoms with Crippen molar-refractivity contribution in [2.24, 2.45) is 4.99 Å². The van der Waals surface area contributed by atoms with Gasteiger partial charge in [0.1, 0.15) is 0 Å². The van der Waals surface area contributed by atoms with Gasteiger partial charge < -0.3 is 20.3 Å². The van der Waals surface area contributed by atoms with Gasteiger partial charge in [-0.05, 0) is 38.8 Å². The number of pyridine rings is 1. The molecule has 1 saturated heterocycles. The van der Waals surface area contributed by atoms with Crippen molar-refractivity contribution in [3.8, 4) is 0 Å². The van der Waals surface area contributed by atoms with Crippen molar-refractivity contribution < 1.29 is 9.53 Å². The maximum Gasteiger partial charge on any atom is 0.252 e. The number of rotatable bonds is 7. The van der Waals surface area contributed by atoms with E-state index in [2.05, 4.69) is 32.4 Å². The molecule has 1 amide bonds. The number of aromatic nitrogens is 1. The van der Waals surface area contributed by atoms with E-state index >= 15 is 0 Å². The molecule has 1 aliphatic rings. The highest BCUT2D eigenvalue weighted by molar-refractivity contribution is 5.93. The lowest BCUT2D eigenvalue weighted by atomic mass is 10.1. The second kappa shape index (κ2) is 10.7. The van der Waals surface area contributed by atoms with Gasteiger partial charge in [-0.15, -0.1) is 0 Å². The van der Waals surface area contributed by atoms with Crippen molar-refractivity contribution in [1.82, 2.24) is 20.5 Å². The Labute approximate surface area is 149 Å². The molecule has 2 rings (SSSR count). The summed E-state index contributed by atoms with van der Waals surface area (Å²) in [5.74, 6) is 0.791. The van der Waals surface area contributed by atoms with E-state index in [0.717, 1.165) is 45.0 Å². The van der Waals surface area contributed by atoms with Crippen LogP contribution in [0.15, 0.2) is 29.5 Å². The number of carbonyl (C=O) groups is 1. The Hall–Kier alpha value is -2.15. The van der Waals surface area contributed by atoms with Gasteiger partial charge in [-0.3, -0.25) is 14.8 Å². The van der Waals surface area contributed by atoms with Crippen molar-refractivity contribution >= 4 is 11.9 Å². The molecule has 0 radical (unpaired) electrons. The van der Waals surface area contributed by atoms with Crippen LogP contribution in [-0.2, 0) is 4.74 Å². The average molecular weight is 347 g/mol. The van der Waals surface area contributed by atoms with Crippen LogP contribution in [-0.4, -0.2) is 67.2 Å². The fraction of sp³-hybridized carbons (Fsp3) is 0.611. The molecule has 0 bridgehead atoms. The van der Waals surface area contributed by atoms with Crippen LogP contribution in [0.2, 0.25) is 0 Å². The molecule has 0 atom stereocenters. The normalized spacial score (nSPS) is 15.9. The standard InChI is InChI=1S/C18H29N5O2/c1-3-20-18(23-12-7-16(8-13-23)25-4-2)22-11-10-21-17(24)15-6-5-9-19-14-15/h5-6,9,14,16H,3-4,7-8,10-13H2,1-2H3,(H,20,22)(H,21,24). The zero-order chi connectivity index (χ0) is 17.9. The molecule has 1 aliphatic heterocycles. The second-order valence-corrected chi connectivity index (χ2v) is 5.88. The van der Waals surface area contributed by atoms with E-state index in [1.807, 2.05) is 6.92 Å². The molecular formula is C18H29N5O2. The number of carbonyl (C=O) groups excluding carboxylic acids is 1. The molecule has 0 aromatic carbocycles. The number of guanidine groups is 1. The number of likely N-dealkylation sites (tertiary alicyclic amines) is 1. The van der Waals surface area contributed by atoms with Crippen LogP contribution in [0, 0.1) is 0 Å². The monoisotopic (exact) mass is 347 g/mol. The number of nitrogens with one attached hydrogen (secondary N) is 2. The van der Waals surface area contributed by atoms with Crippen molar-refractivity contribution in [3.05, 3.63) is 30.1 Å². The summed E-state index contributed by atoms with van der Waals surface area (Å²) in [7, 11) is 0. The Morgan fingerprint density at radius 2 is 2.16 bits per heavy atom. The van der Waals surface area contributed by atoms with Crippen molar-refractivity contribution in [3.63, 3.8) is 0 Å². The number of ether oxygens (including phenoxy) is 1. The molecule has 25 heavy (non-hydrogen) atoms. The highest BCUT2D eigenvalue weighted by Gasteiger charge is 2.21.